The molecule has 200 valence electrons. The van der Waals surface area contributed by atoms with Crippen molar-refractivity contribution in [3.63, 3.8) is 0 Å². The van der Waals surface area contributed by atoms with E-state index in [-0.39, 0.29) is 12.4 Å². The summed E-state index contributed by atoms with van der Waals surface area (Å²) in [6.07, 6.45) is 21.0. The van der Waals surface area contributed by atoms with Crippen LogP contribution >= 0.6 is 0 Å². The van der Waals surface area contributed by atoms with Gasteiger partial charge in [-0.3, -0.25) is 4.58 Å². The third-order valence-corrected chi connectivity index (χ3v) is 6.10. The molecule has 0 aromatic rings. The molecule has 0 bridgehead atoms. The number of rotatable bonds is 22. The van der Waals surface area contributed by atoms with Crippen LogP contribution in [-0.4, -0.2) is 60.8 Å². The summed E-state index contributed by atoms with van der Waals surface area (Å²) in [5.41, 5.74) is 7.53. The summed E-state index contributed by atoms with van der Waals surface area (Å²) < 4.78 is 2.20. The highest BCUT2D eigenvalue weighted by molar-refractivity contribution is 5.73. The molecular weight excluding hydrogens is 430 g/mol. The molecule has 0 aromatic carbocycles. The summed E-state index contributed by atoms with van der Waals surface area (Å²) in [6, 6.07) is 0. The van der Waals surface area contributed by atoms with Crippen molar-refractivity contribution in [2.45, 2.75) is 130 Å². The molecule has 6 heteroatoms. The summed E-state index contributed by atoms with van der Waals surface area (Å²) >= 11 is 0. The van der Waals surface area contributed by atoms with Gasteiger partial charge in [0.1, 0.15) is 0 Å². The van der Waals surface area contributed by atoms with Crippen molar-refractivity contribution in [2.24, 2.45) is 0 Å². The number of nitrogens with one attached hydrogen (secondary N) is 2. The van der Waals surface area contributed by atoms with Crippen LogP contribution in [0.25, 0.3) is 0 Å². The maximum atomic E-state index is 3.76. The molecule has 0 radical (unpaired) electrons. The third-order valence-electron chi connectivity index (χ3n) is 6.10. The monoisotopic (exact) mass is 489 g/mol. The molecule has 0 fully saturated rings. The van der Waals surface area contributed by atoms with E-state index in [9.17, 15) is 0 Å². The number of hydrogen-bond acceptors (Lipinski definition) is 2. The van der Waals surface area contributed by atoms with Gasteiger partial charge in [-0.05, 0) is 25.7 Å². The second kappa shape index (κ2) is 26.1. The van der Waals surface area contributed by atoms with Gasteiger partial charge in [0.15, 0.2) is 0 Å². The predicted molar refractivity (Wildman–Crippen MR) is 143 cm³/mol. The van der Waals surface area contributed by atoms with E-state index in [4.69, 9.17) is 0 Å². The van der Waals surface area contributed by atoms with Gasteiger partial charge in [0.2, 0.25) is 0 Å². The molecule has 0 saturated carbocycles. The van der Waals surface area contributed by atoms with E-state index >= 15 is 0 Å². The Morgan fingerprint density at radius 2 is 0.758 bits per heavy atom. The van der Waals surface area contributed by atoms with Crippen molar-refractivity contribution in [1.82, 2.24) is 20.9 Å². The second-order valence-corrected chi connectivity index (χ2v) is 9.68. The Balaban J connectivity index is 0. The minimum Gasteiger partial charge on any atom is -1.00 e. The molecule has 0 unspecified atom stereocenters. The number of hydrogen-bond donors (Lipinski definition) is 2. The first-order valence-electron chi connectivity index (χ1n) is 14.2. The third kappa shape index (κ3) is 21.7. The van der Waals surface area contributed by atoms with Crippen molar-refractivity contribution in [2.75, 3.05) is 40.3 Å². The zero-order valence-corrected chi connectivity index (χ0v) is 24.1. The van der Waals surface area contributed by atoms with Crippen LogP contribution in [0.5, 0.6) is 0 Å². The topological polar surface area (TPSA) is 33.5 Å². The lowest BCUT2D eigenvalue weighted by molar-refractivity contribution is -0.471. The minimum atomic E-state index is 0. The van der Waals surface area contributed by atoms with E-state index in [1.807, 2.05) is 0 Å². The molecule has 0 atom stereocenters. The molecule has 0 aliphatic heterocycles. The molecule has 0 amide bonds. The van der Waals surface area contributed by atoms with Gasteiger partial charge in [-0.2, -0.15) is 10.0 Å². The zero-order valence-electron chi connectivity index (χ0n) is 23.4. The van der Waals surface area contributed by atoms with Crippen LogP contribution in [0.3, 0.4) is 0 Å². The fourth-order valence-corrected chi connectivity index (χ4v) is 3.89. The Kier molecular flexibility index (Phi) is 27.4. The second-order valence-electron chi connectivity index (χ2n) is 9.68. The normalized spacial score (nSPS) is 11.0. The van der Waals surface area contributed by atoms with Gasteiger partial charge in [0.05, 0.1) is 14.1 Å². The number of hydrazine groups is 2. The van der Waals surface area contributed by atoms with E-state index < -0.39 is 0 Å². The minimum absolute atomic E-state index is 0. The van der Waals surface area contributed by atoms with E-state index in [1.54, 1.807) is 0 Å². The Bertz CT molecular complexity index is 371. The smallest absolute Gasteiger partial charge is 0.380 e. The average molecular weight is 490 g/mol. The van der Waals surface area contributed by atoms with Crippen molar-refractivity contribution in [3.05, 3.63) is 0 Å². The molecule has 0 heterocycles. The van der Waals surface area contributed by atoms with Crippen molar-refractivity contribution < 1.29 is 17.0 Å². The molecular formula is C27H60ClN5. The summed E-state index contributed by atoms with van der Waals surface area (Å²) in [4.78, 5) is 0. The Hall–Kier alpha value is -0.520. The van der Waals surface area contributed by atoms with Gasteiger partial charge in [-0.15, -0.1) is 0 Å². The Morgan fingerprint density at radius 3 is 0.970 bits per heavy atom. The highest BCUT2D eigenvalue weighted by atomic mass is 35.5. The van der Waals surface area contributed by atoms with Crippen LogP contribution in [0.4, 0.5) is 0 Å². The summed E-state index contributed by atoms with van der Waals surface area (Å²) in [6.45, 7) is 13.7. The number of guanidine groups is 1. The Morgan fingerprint density at radius 1 is 0.485 bits per heavy atom. The first-order valence-corrected chi connectivity index (χ1v) is 14.2. The molecule has 0 aliphatic carbocycles. The lowest BCUT2D eigenvalue weighted by atomic mass is 10.2. The molecule has 0 aliphatic rings. The predicted octanol–water partition coefficient (Wildman–Crippen LogP) is 3.55. The van der Waals surface area contributed by atoms with Crippen LogP contribution in [0.15, 0.2) is 0 Å². The fraction of sp³-hybridized carbons (Fsp3) is 0.963. The van der Waals surface area contributed by atoms with E-state index in [0.29, 0.717) is 0 Å². The molecule has 33 heavy (non-hydrogen) atoms. The van der Waals surface area contributed by atoms with Crippen LogP contribution in [-0.2, 0) is 0 Å². The standard InChI is InChI=1S/C27H59N5.ClH/c1-7-11-15-19-23-31(24-20-16-12-8-2)28-27(30(5)6)29-32(25-21-17-13-9-3)26-22-18-14-10-4;/h7-26H2,1-6H3,(H,28,29);1H. The number of unbranched alkanes of at least 4 members (excludes halogenated alkanes) is 12. The van der Waals surface area contributed by atoms with Gasteiger partial charge in [0, 0.05) is 26.2 Å². The van der Waals surface area contributed by atoms with E-state index in [1.165, 1.54) is 103 Å². The van der Waals surface area contributed by atoms with Crippen LogP contribution in [0.2, 0.25) is 0 Å². The SMILES string of the molecule is CCCCCCN(CCCCCC)NC(NN(CCCCCC)CCCCCC)=[N+](C)C.[Cl-]. The van der Waals surface area contributed by atoms with Crippen LogP contribution in [0, 0.1) is 0 Å². The highest BCUT2D eigenvalue weighted by Gasteiger charge is 2.18. The molecule has 2 N–H and O–H groups in total. The molecule has 0 rings (SSSR count). The van der Waals surface area contributed by atoms with Crippen molar-refractivity contribution >= 4 is 5.96 Å². The first-order chi connectivity index (χ1) is 15.6. The first kappa shape index (κ1) is 34.6. The van der Waals surface area contributed by atoms with Crippen molar-refractivity contribution in [1.29, 1.82) is 0 Å². The summed E-state index contributed by atoms with van der Waals surface area (Å²) in [7, 11) is 4.29. The summed E-state index contributed by atoms with van der Waals surface area (Å²) in [5, 5.41) is 4.92. The maximum absolute atomic E-state index is 3.76. The van der Waals surface area contributed by atoms with Gasteiger partial charge >= 0.3 is 5.96 Å². The molecule has 5 nitrogen and oxygen atoms in total. The Labute approximate surface area is 214 Å². The fourth-order valence-electron chi connectivity index (χ4n) is 3.89. The van der Waals surface area contributed by atoms with Gasteiger partial charge in [-0.25, -0.2) is 10.9 Å². The molecule has 0 aromatic heterocycles. The van der Waals surface area contributed by atoms with Gasteiger partial charge in [-0.1, -0.05) is 105 Å². The van der Waals surface area contributed by atoms with Crippen LogP contribution < -0.4 is 23.3 Å². The molecule has 0 saturated heterocycles. The van der Waals surface area contributed by atoms with Crippen LogP contribution in [0.1, 0.15) is 130 Å². The summed E-state index contributed by atoms with van der Waals surface area (Å²) in [5.74, 6) is 1.11. The van der Waals surface area contributed by atoms with Gasteiger partial charge < -0.3 is 12.4 Å². The lowest BCUT2D eigenvalue weighted by Gasteiger charge is -2.25. The number of nitrogens with zero attached hydrogens (tertiary/aromatic N) is 3. The largest absolute Gasteiger partial charge is 1.00 e. The molecule has 0 spiro atoms. The van der Waals surface area contributed by atoms with E-state index in [0.717, 1.165) is 32.1 Å². The quantitative estimate of drug-likeness (QED) is 0.0800. The lowest BCUT2D eigenvalue weighted by Crippen LogP contribution is -3.00. The number of halogens is 1. The zero-order chi connectivity index (χ0) is 23.9. The average Bonchev–Trinajstić information content (AvgIpc) is 2.78. The highest BCUT2D eigenvalue weighted by Crippen LogP contribution is 2.06. The van der Waals surface area contributed by atoms with Gasteiger partial charge in [0.25, 0.3) is 0 Å². The van der Waals surface area contributed by atoms with Crippen molar-refractivity contribution in [3.8, 4) is 0 Å². The van der Waals surface area contributed by atoms with E-state index in [2.05, 4.69) is 67.2 Å². The maximum Gasteiger partial charge on any atom is 0.380 e.